The number of rotatable bonds is 0. The van der Waals surface area contributed by atoms with Crippen LogP contribution in [0.15, 0.2) is 0 Å². The molecular formula is CH2F3NO. The van der Waals surface area contributed by atoms with Crippen molar-refractivity contribution < 1.29 is 18.4 Å². The average Bonchev–Trinajstić information content (AvgIpc) is 1.35. The molecule has 0 saturated heterocycles. The fraction of sp³-hybridized carbons (Fsp3) is 1.00. The van der Waals surface area contributed by atoms with Crippen molar-refractivity contribution in [1.82, 2.24) is 5.48 Å². The number of hydrogen-bond acceptors (Lipinski definition) is 2. The molecule has 5 heteroatoms. The van der Waals surface area contributed by atoms with Crippen molar-refractivity contribution in [3.05, 3.63) is 0 Å². The van der Waals surface area contributed by atoms with E-state index >= 15 is 0 Å². The van der Waals surface area contributed by atoms with Crippen molar-refractivity contribution in [2.75, 3.05) is 0 Å². The molecular weight excluding hydrogens is 99.0 g/mol. The van der Waals surface area contributed by atoms with Crippen LogP contribution in [0.25, 0.3) is 0 Å². The summed E-state index contributed by atoms with van der Waals surface area (Å²) in [5.74, 6) is 0. The van der Waals surface area contributed by atoms with Crippen LogP contribution in [0, 0.1) is 0 Å². The Morgan fingerprint density at radius 2 is 1.50 bits per heavy atom. The van der Waals surface area contributed by atoms with Crippen LogP contribution in [0.2, 0.25) is 0 Å². The minimum atomic E-state index is -4.65. The van der Waals surface area contributed by atoms with Gasteiger partial charge in [-0.2, -0.15) is 13.2 Å². The van der Waals surface area contributed by atoms with Gasteiger partial charge >= 0.3 is 6.30 Å². The molecule has 2 N–H and O–H groups in total. The summed E-state index contributed by atoms with van der Waals surface area (Å²) in [4.78, 5) is 0. The summed E-state index contributed by atoms with van der Waals surface area (Å²) < 4.78 is 31.3. The van der Waals surface area contributed by atoms with Gasteiger partial charge < -0.3 is 5.21 Å². The fourth-order valence-electron chi connectivity index (χ4n) is 0. The van der Waals surface area contributed by atoms with Crippen LogP contribution in [0.3, 0.4) is 0 Å². The molecule has 38 valence electrons. The zero-order chi connectivity index (χ0) is 5.21. The number of alkyl halides is 3. The highest BCUT2D eigenvalue weighted by molar-refractivity contribution is 4.25. The van der Waals surface area contributed by atoms with Gasteiger partial charge in [0.05, 0.1) is 0 Å². The Balaban J connectivity index is 3.17. The van der Waals surface area contributed by atoms with Gasteiger partial charge in [0.25, 0.3) is 0 Å². The van der Waals surface area contributed by atoms with Crippen LogP contribution in [-0.4, -0.2) is 11.5 Å². The Bertz CT molecular complexity index is 40.5. The molecule has 0 amide bonds. The van der Waals surface area contributed by atoms with Crippen molar-refractivity contribution in [2.24, 2.45) is 0 Å². The third-order valence-electron chi connectivity index (χ3n) is 0.127. The standard InChI is InChI=1S/CH2F3NO/c2-1(3,4)5-6/h5-6H. The largest absolute Gasteiger partial charge is 0.479 e. The van der Waals surface area contributed by atoms with Crippen LogP contribution in [0.5, 0.6) is 0 Å². The fourth-order valence-corrected chi connectivity index (χ4v) is 0. The first kappa shape index (κ1) is 5.71. The minimum Gasteiger partial charge on any atom is -0.309 e. The molecule has 0 aliphatic heterocycles. The van der Waals surface area contributed by atoms with Gasteiger partial charge in [-0.3, -0.25) is 0 Å². The Morgan fingerprint density at radius 3 is 1.50 bits per heavy atom. The van der Waals surface area contributed by atoms with Crippen molar-refractivity contribution in [1.29, 1.82) is 0 Å². The maximum Gasteiger partial charge on any atom is 0.479 e. The van der Waals surface area contributed by atoms with Crippen molar-refractivity contribution in [3.63, 3.8) is 0 Å². The van der Waals surface area contributed by atoms with E-state index in [0.29, 0.717) is 0 Å². The topological polar surface area (TPSA) is 32.3 Å². The molecule has 2 nitrogen and oxygen atoms in total. The van der Waals surface area contributed by atoms with E-state index < -0.39 is 6.30 Å². The normalized spacial score (nSPS) is 12.0. The molecule has 0 aromatic rings. The third-order valence-corrected chi connectivity index (χ3v) is 0.127. The zero-order valence-corrected chi connectivity index (χ0v) is 2.58. The average molecular weight is 101 g/mol. The molecule has 0 aliphatic rings. The molecule has 0 aromatic heterocycles. The highest BCUT2D eigenvalue weighted by atomic mass is 19.4. The van der Waals surface area contributed by atoms with Crippen LogP contribution in [-0.2, 0) is 0 Å². The Hall–Kier alpha value is -0.290. The van der Waals surface area contributed by atoms with Gasteiger partial charge in [0, 0.05) is 0 Å². The van der Waals surface area contributed by atoms with Gasteiger partial charge in [-0.05, 0) is 0 Å². The lowest BCUT2D eigenvalue weighted by Crippen LogP contribution is -2.27. The Morgan fingerprint density at radius 1 is 1.33 bits per heavy atom. The van der Waals surface area contributed by atoms with Gasteiger partial charge in [-0.15, -0.1) is 5.48 Å². The first-order valence-electron chi connectivity index (χ1n) is 1.04. The molecule has 0 aromatic carbocycles. The molecule has 0 bridgehead atoms. The summed E-state index contributed by atoms with van der Waals surface area (Å²) >= 11 is 0. The third kappa shape index (κ3) is 3.71. The lowest BCUT2D eigenvalue weighted by Gasteiger charge is -1.97. The SMILES string of the molecule is ONC(F)(F)F. The number of halogens is 3. The van der Waals surface area contributed by atoms with Gasteiger partial charge in [-0.25, -0.2) is 0 Å². The van der Waals surface area contributed by atoms with E-state index in [2.05, 4.69) is 0 Å². The van der Waals surface area contributed by atoms with Crippen molar-refractivity contribution >= 4 is 0 Å². The summed E-state index contributed by atoms with van der Waals surface area (Å²) in [5.41, 5.74) is 0.104. The van der Waals surface area contributed by atoms with Crippen LogP contribution in [0.1, 0.15) is 0 Å². The summed E-state index contributed by atoms with van der Waals surface area (Å²) in [5, 5.41) is 7.03. The molecule has 0 saturated carbocycles. The summed E-state index contributed by atoms with van der Waals surface area (Å²) in [6, 6.07) is 0. The van der Waals surface area contributed by atoms with Gasteiger partial charge in [0.1, 0.15) is 0 Å². The zero-order valence-electron chi connectivity index (χ0n) is 2.58. The second-order valence-electron chi connectivity index (χ2n) is 0.610. The molecule has 0 radical (unpaired) electrons. The second kappa shape index (κ2) is 1.44. The summed E-state index contributed by atoms with van der Waals surface area (Å²) in [7, 11) is 0. The molecule has 0 atom stereocenters. The maximum absolute atomic E-state index is 10.4. The smallest absolute Gasteiger partial charge is 0.309 e. The Kier molecular flexibility index (Phi) is 1.37. The highest BCUT2D eigenvalue weighted by Crippen LogP contribution is 2.06. The summed E-state index contributed by atoms with van der Waals surface area (Å²) in [6.45, 7) is 0. The van der Waals surface area contributed by atoms with Gasteiger partial charge in [0.15, 0.2) is 0 Å². The van der Waals surface area contributed by atoms with E-state index in [4.69, 9.17) is 5.21 Å². The van der Waals surface area contributed by atoms with Crippen LogP contribution >= 0.6 is 0 Å². The predicted molar refractivity (Wildman–Crippen MR) is 11.0 cm³/mol. The number of hydroxylamine groups is 1. The molecule has 0 unspecified atom stereocenters. The van der Waals surface area contributed by atoms with E-state index in [1.807, 2.05) is 0 Å². The molecule has 0 rings (SSSR count). The lowest BCUT2D eigenvalue weighted by atomic mass is 11.2. The van der Waals surface area contributed by atoms with Gasteiger partial charge in [0.2, 0.25) is 0 Å². The lowest BCUT2D eigenvalue weighted by molar-refractivity contribution is -0.220. The molecule has 0 fully saturated rings. The van der Waals surface area contributed by atoms with Gasteiger partial charge in [-0.1, -0.05) is 0 Å². The molecule has 0 heterocycles. The Labute approximate surface area is 31.5 Å². The quantitative estimate of drug-likeness (QED) is 0.343. The van der Waals surface area contributed by atoms with Crippen LogP contribution < -0.4 is 5.48 Å². The van der Waals surface area contributed by atoms with E-state index in [-0.39, 0.29) is 5.48 Å². The summed E-state index contributed by atoms with van der Waals surface area (Å²) in [6.07, 6.45) is -4.65. The van der Waals surface area contributed by atoms with E-state index in [9.17, 15) is 13.2 Å². The number of hydrogen-bond donors (Lipinski definition) is 2. The second-order valence-corrected chi connectivity index (χ2v) is 0.610. The van der Waals surface area contributed by atoms with E-state index in [0.717, 1.165) is 0 Å². The molecule has 0 aliphatic carbocycles. The van der Waals surface area contributed by atoms with Crippen molar-refractivity contribution in [3.8, 4) is 0 Å². The molecule has 6 heavy (non-hydrogen) atoms. The molecule has 0 spiro atoms. The minimum absolute atomic E-state index is 0.104. The number of nitrogens with one attached hydrogen (secondary N) is 1. The first-order valence-corrected chi connectivity index (χ1v) is 1.04. The van der Waals surface area contributed by atoms with Crippen LogP contribution in [0.4, 0.5) is 13.2 Å². The maximum atomic E-state index is 10.4. The highest BCUT2D eigenvalue weighted by Gasteiger charge is 2.24. The van der Waals surface area contributed by atoms with E-state index in [1.54, 1.807) is 0 Å². The van der Waals surface area contributed by atoms with E-state index in [1.165, 1.54) is 0 Å². The predicted octanol–water partition coefficient (Wildman–Crippen LogP) is 0.485. The van der Waals surface area contributed by atoms with Crippen molar-refractivity contribution in [2.45, 2.75) is 6.30 Å². The first-order chi connectivity index (χ1) is 2.56. The monoisotopic (exact) mass is 101 g/mol.